The van der Waals surface area contributed by atoms with Crippen molar-refractivity contribution in [3.63, 3.8) is 0 Å². The van der Waals surface area contributed by atoms with Gasteiger partial charge in [0.05, 0.1) is 0 Å². The Balaban J connectivity index is 0.000000423. The largest absolute Gasteiger partial charge is 0.870 e. The monoisotopic (exact) mass is 292 g/mol. The molecule has 0 saturated carbocycles. The zero-order chi connectivity index (χ0) is 16.3. The standard InChI is InChI=1S/C8H8.C6H9BO6/c1-2-8-6-4-3-5-7-8;1-4(8)11-7(12-5(2)9)13-6(3)10/h2-7H,1H2;1-3H3. The Morgan fingerprint density at radius 3 is 1.52 bits per heavy atom. The maximum Gasteiger partial charge on any atom is 0.870 e. The fraction of sp³-hybridized carbons (Fsp3) is 0.214. The van der Waals surface area contributed by atoms with Crippen LogP contribution >= 0.6 is 0 Å². The predicted molar refractivity (Wildman–Crippen MR) is 77.6 cm³/mol. The lowest BCUT2D eigenvalue weighted by molar-refractivity contribution is -0.144. The number of hydrogen-bond acceptors (Lipinski definition) is 6. The Hall–Kier alpha value is -2.57. The van der Waals surface area contributed by atoms with E-state index in [1.54, 1.807) is 0 Å². The van der Waals surface area contributed by atoms with Crippen LogP contribution in [0, 0.1) is 0 Å². The van der Waals surface area contributed by atoms with Gasteiger partial charge in [-0.15, -0.1) is 0 Å². The lowest BCUT2D eigenvalue weighted by atomic mass is 10.2. The number of benzene rings is 1. The van der Waals surface area contributed by atoms with Gasteiger partial charge in [0.1, 0.15) is 0 Å². The molecule has 1 aromatic rings. The summed E-state index contributed by atoms with van der Waals surface area (Å²) in [5, 5.41) is 0. The van der Waals surface area contributed by atoms with E-state index in [9.17, 15) is 14.4 Å². The van der Waals surface area contributed by atoms with Crippen LogP contribution in [0.5, 0.6) is 0 Å². The Kier molecular flexibility index (Phi) is 9.00. The predicted octanol–water partition coefficient (Wildman–Crippen LogP) is 1.99. The summed E-state index contributed by atoms with van der Waals surface area (Å²) in [4.78, 5) is 31.2. The van der Waals surface area contributed by atoms with Gasteiger partial charge in [-0.2, -0.15) is 0 Å². The fourth-order valence-electron chi connectivity index (χ4n) is 1.07. The molecule has 1 rings (SSSR count). The summed E-state index contributed by atoms with van der Waals surface area (Å²) < 4.78 is 13.0. The molecule has 6 nitrogen and oxygen atoms in total. The summed E-state index contributed by atoms with van der Waals surface area (Å²) in [5.41, 5.74) is 1.17. The third-order valence-electron chi connectivity index (χ3n) is 1.82. The highest BCUT2D eigenvalue weighted by molar-refractivity contribution is 6.43. The SMILES string of the molecule is C=Cc1ccccc1.CC(=O)OB(OC(C)=O)OC(C)=O. The Morgan fingerprint density at radius 1 is 0.905 bits per heavy atom. The van der Waals surface area contributed by atoms with Gasteiger partial charge in [0, 0.05) is 20.8 Å². The molecule has 0 radical (unpaired) electrons. The van der Waals surface area contributed by atoms with Crippen molar-refractivity contribution < 1.29 is 28.3 Å². The van der Waals surface area contributed by atoms with Crippen LogP contribution in [0.15, 0.2) is 36.9 Å². The maximum absolute atomic E-state index is 10.4. The van der Waals surface area contributed by atoms with Crippen LogP contribution in [0.2, 0.25) is 0 Å². The van der Waals surface area contributed by atoms with Gasteiger partial charge >= 0.3 is 7.32 Å². The molecule has 0 aromatic heterocycles. The van der Waals surface area contributed by atoms with Crippen LogP contribution in [0.1, 0.15) is 26.3 Å². The molecule has 0 aliphatic rings. The van der Waals surface area contributed by atoms with Crippen LogP contribution in [0.3, 0.4) is 0 Å². The van der Waals surface area contributed by atoms with Crippen LogP contribution in [0.25, 0.3) is 6.08 Å². The first-order chi connectivity index (χ1) is 9.85. The highest BCUT2D eigenvalue weighted by atomic mass is 16.8. The third kappa shape index (κ3) is 11.0. The molecule has 0 fully saturated rings. The molecule has 0 N–H and O–H groups in total. The molecule has 0 bridgehead atoms. The topological polar surface area (TPSA) is 78.9 Å². The molecule has 0 amide bonds. The zero-order valence-corrected chi connectivity index (χ0v) is 12.2. The maximum atomic E-state index is 10.4. The Labute approximate surface area is 123 Å². The lowest BCUT2D eigenvalue weighted by Gasteiger charge is -2.09. The highest BCUT2D eigenvalue weighted by Crippen LogP contribution is 1.97. The van der Waals surface area contributed by atoms with Gasteiger partial charge in [-0.1, -0.05) is 43.0 Å². The van der Waals surface area contributed by atoms with E-state index in [4.69, 9.17) is 0 Å². The minimum absolute atomic E-state index is 0.715. The number of rotatable bonds is 4. The quantitative estimate of drug-likeness (QED) is 0.790. The van der Waals surface area contributed by atoms with E-state index >= 15 is 0 Å². The fourth-order valence-corrected chi connectivity index (χ4v) is 1.07. The summed E-state index contributed by atoms with van der Waals surface area (Å²) in [6.45, 7) is 6.92. The first-order valence-corrected chi connectivity index (χ1v) is 6.04. The normalized spacial score (nSPS) is 8.52. The molecule has 112 valence electrons. The van der Waals surface area contributed by atoms with E-state index in [-0.39, 0.29) is 0 Å². The van der Waals surface area contributed by atoms with Crippen molar-refractivity contribution in [3.05, 3.63) is 42.5 Å². The summed E-state index contributed by atoms with van der Waals surface area (Å²) in [6, 6.07) is 10.0. The molecule has 21 heavy (non-hydrogen) atoms. The first-order valence-electron chi connectivity index (χ1n) is 6.04. The van der Waals surface area contributed by atoms with Crippen LogP contribution in [0.4, 0.5) is 0 Å². The molecule has 0 aliphatic heterocycles. The molecule has 0 aliphatic carbocycles. The second-order valence-corrected chi connectivity index (χ2v) is 3.73. The average molecular weight is 292 g/mol. The average Bonchev–Trinajstić information content (AvgIpc) is 2.38. The van der Waals surface area contributed by atoms with Crippen LogP contribution in [-0.4, -0.2) is 25.2 Å². The smallest absolute Gasteiger partial charge is 0.462 e. The van der Waals surface area contributed by atoms with E-state index in [2.05, 4.69) is 20.5 Å². The minimum Gasteiger partial charge on any atom is -0.462 e. The van der Waals surface area contributed by atoms with E-state index in [1.807, 2.05) is 36.4 Å². The van der Waals surface area contributed by atoms with E-state index in [0.717, 1.165) is 20.8 Å². The van der Waals surface area contributed by atoms with Crippen molar-refractivity contribution in [2.75, 3.05) is 0 Å². The molecule has 0 atom stereocenters. The summed E-state index contributed by atoms with van der Waals surface area (Å²) >= 11 is 0. The van der Waals surface area contributed by atoms with Crippen molar-refractivity contribution in [2.24, 2.45) is 0 Å². The summed E-state index contributed by atoms with van der Waals surface area (Å²) in [5.74, 6) is -2.15. The van der Waals surface area contributed by atoms with Gasteiger partial charge < -0.3 is 14.0 Å². The lowest BCUT2D eigenvalue weighted by Crippen LogP contribution is -2.32. The molecule has 0 unspecified atom stereocenters. The Bertz CT molecular complexity index is 447. The molecule has 1 aromatic carbocycles. The second-order valence-electron chi connectivity index (χ2n) is 3.73. The van der Waals surface area contributed by atoms with Gasteiger partial charge in [-0.3, -0.25) is 14.4 Å². The zero-order valence-electron chi connectivity index (χ0n) is 12.2. The van der Waals surface area contributed by atoms with Gasteiger partial charge in [-0.25, -0.2) is 0 Å². The van der Waals surface area contributed by atoms with Crippen molar-refractivity contribution in [3.8, 4) is 0 Å². The minimum atomic E-state index is -1.59. The van der Waals surface area contributed by atoms with E-state index in [0.29, 0.717) is 0 Å². The molecular formula is C14H17BO6. The number of carbonyl (C=O) groups excluding carboxylic acids is 3. The first kappa shape index (κ1) is 18.4. The van der Waals surface area contributed by atoms with Gasteiger partial charge in [-0.05, 0) is 5.56 Å². The van der Waals surface area contributed by atoms with Gasteiger partial charge in [0.15, 0.2) is 0 Å². The third-order valence-corrected chi connectivity index (χ3v) is 1.82. The number of carbonyl (C=O) groups is 3. The molecule has 0 spiro atoms. The molecule has 0 saturated heterocycles. The molecule has 7 heteroatoms. The molecular weight excluding hydrogens is 275 g/mol. The van der Waals surface area contributed by atoms with Crippen molar-refractivity contribution in [1.29, 1.82) is 0 Å². The van der Waals surface area contributed by atoms with Crippen LogP contribution < -0.4 is 0 Å². The van der Waals surface area contributed by atoms with Gasteiger partial charge in [0.2, 0.25) is 0 Å². The molecule has 0 heterocycles. The van der Waals surface area contributed by atoms with Crippen molar-refractivity contribution in [2.45, 2.75) is 20.8 Å². The number of hydrogen-bond donors (Lipinski definition) is 0. The van der Waals surface area contributed by atoms with Crippen LogP contribution in [-0.2, 0) is 28.3 Å². The summed E-state index contributed by atoms with van der Waals surface area (Å²) in [7, 11) is -1.59. The van der Waals surface area contributed by atoms with Crippen molar-refractivity contribution in [1.82, 2.24) is 0 Å². The highest BCUT2D eigenvalue weighted by Gasteiger charge is 2.33. The Morgan fingerprint density at radius 2 is 1.29 bits per heavy atom. The summed E-state index contributed by atoms with van der Waals surface area (Å²) in [6.07, 6.45) is 1.83. The van der Waals surface area contributed by atoms with E-state index in [1.165, 1.54) is 5.56 Å². The second kappa shape index (κ2) is 10.2. The van der Waals surface area contributed by atoms with Gasteiger partial charge in [0.25, 0.3) is 17.9 Å². The van der Waals surface area contributed by atoms with E-state index < -0.39 is 25.2 Å². The van der Waals surface area contributed by atoms with Crippen molar-refractivity contribution >= 4 is 31.3 Å².